The van der Waals surface area contributed by atoms with Crippen LogP contribution >= 0.6 is 0 Å². The second-order valence-corrected chi connectivity index (χ2v) is 4.81. The Morgan fingerprint density at radius 1 is 1.00 bits per heavy atom. The lowest BCUT2D eigenvalue weighted by atomic mass is 10.1. The zero-order valence-corrected chi connectivity index (χ0v) is 11.5. The topological polar surface area (TPSA) is 57.1 Å². The molecule has 2 aromatic rings. The van der Waals surface area contributed by atoms with Crippen molar-refractivity contribution in [2.24, 2.45) is 4.99 Å². The highest BCUT2D eigenvalue weighted by molar-refractivity contribution is 6.12. The van der Waals surface area contributed by atoms with E-state index >= 15 is 0 Å². The maximum Gasteiger partial charge on any atom is 0.363 e. The van der Waals surface area contributed by atoms with Crippen LogP contribution in [0, 0.1) is 0 Å². The van der Waals surface area contributed by atoms with Crippen molar-refractivity contribution in [2.75, 3.05) is 6.79 Å². The molecule has 2 heterocycles. The molecule has 0 aliphatic carbocycles. The molecule has 0 amide bonds. The number of esters is 1. The predicted octanol–water partition coefficient (Wildman–Crippen LogP) is 2.76. The van der Waals surface area contributed by atoms with Crippen LogP contribution in [0.4, 0.5) is 0 Å². The van der Waals surface area contributed by atoms with Gasteiger partial charge in [0.05, 0.1) is 0 Å². The van der Waals surface area contributed by atoms with E-state index in [0.29, 0.717) is 17.4 Å². The summed E-state index contributed by atoms with van der Waals surface area (Å²) in [5, 5.41) is 0. The zero-order chi connectivity index (χ0) is 14.9. The lowest BCUT2D eigenvalue weighted by molar-refractivity contribution is -0.129. The monoisotopic (exact) mass is 293 g/mol. The molecule has 0 aromatic heterocycles. The van der Waals surface area contributed by atoms with Crippen LogP contribution in [0.2, 0.25) is 0 Å². The van der Waals surface area contributed by atoms with Crippen LogP contribution in [-0.4, -0.2) is 18.7 Å². The van der Waals surface area contributed by atoms with Gasteiger partial charge in [-0.05, 0) is 35.9 Å². The number of hydrogen-bond acceptors (Lipinski definition) is 5. The van der Waals surface area contributed by atoms with E-state index in [-0.39, 0.29) is 12.5 Å². The van der Waals surface area contributed by atoms with E-state index in [0.717, 1.165) is 11.1 Å². The Morgan fingerprint density at radius 3 is 2.68 bits per heavy atom. The fraction of sp³-hybridized carbons (Fsp3) is 0.0588. The van der Waals surface area contributed by atoms with Crippen molar-refractivity contribution in [3.63, 3.8) is 0 Å². The first-order valence-electron chi connectivity index (χ1n) is 6.77. The first-order valence-corrected chi connectivity index (χ1v) is 6.77. The summed E-state index contributed by atoms with van der Waals surface area (Å²) in [6.45, 7) is 0.216. The van der Waals surface area contributed by atoms with Crippen LogP contribution in [0.25, 0.3) is 6.08 Å². The van der Waals surface area contributed by atoms with E-state index in [2.05, 4.69) is 4.99 Å². The summed E-state index contributed by atoms with van der Waals surface area (Å²) in [6, 6.07) is 14.8. The van der Waals surface area contributed by atoms with Crippen LogP contribution in [0.5, 0.6) is 11.5 Å². The van der Waals surface area contributed by atoms with Gasteiger partial charge in [-0.25, -0.2) is 9.79 Å². The molecule has 5 heteroatoms. The normalized spacial score (nSPS) is 17.5. The number of benzene rings is 2. The molecule has 0 saturated carbocycles. The molecule has 0 N–H and O–H groups in total. The van der Waals surface area contributed by atoms with Gasteiger partial charge in [-0.1, -0.05) is 24.3 Å². The first kappa shape index (κ1) is 12.6. The highest BCUT2D eigenvalue weighted by atomic mass is 16.7. The van der Waals surface area contributed by atoms with E-state index in [1.165, 1.54) is 0 Å². The highest BCUT2D eigenvalue weighted by Crippen LogP contribution is 2.33. The number of carbonyl (C=O) groups excluding carboxylic acids is 1. The minimum atomic E-state index is -0.462. The summed E-state index contributed by atoms with van der Waals surface area (Å²) in [7, 11) is 0. The quantitative estimate of drug-likeness (QED) is 0.631. The number of ether oxygens (including phenoxy) is 3. The maximum absolute atomic E-state index is 11.9. The molecule has 2 aromatic carbocycles. The SMILES string of the molecule is O=C1OC(c2ccccc2)=N/C1=C\c1ccc2c(c1)OCO2. The van der Waals surface area contributed by atoms with E-state index in [1.807, 2.05) is 36.4 Å². The van der Waals surface area contributed by atoms with Gasteiger partial charge in [-0.15, -0.1) is 0 Å². The summed E-state index contributed by atoms with van der Waals surface area (Å²) < 4.78 is 15.8. The molecule has 0 bridgehead atoms. The molecule has 0 unspecified atom stereocenters. The minimum Gasteiger partial charge on any atom is -0.454 e. The van der Waals surface area contributed by atoms with Crippen LogP contribution in [0.15, 0.2) is 59.2 Å². The summed E-state index contributed by atoms with van der Waals surface area (Å²) in [4.78, 5) is 16.2. The molecule has 22 heavy (non-hydrogen) atoms. The van der Waals surface area contributed by atoms with Crippen molar-refractivity contribution in [3.05, 3.63) is 65.4 Å². The average molecular weight is 293 g/mol. The molecule has 5 nitrogen and oxygen atoms in total. The second kappa shape index (κ2) is 5.04. The third-order valence-corrected chi connectivity index (χ3v) is 3.34. The lowest BCUT2D eigenvalue weighted by Gasteiger charge is -1.98. The molecule has 0 spiro atoms. The molecule has 2 aliphatic heterocycles. The fourth-order valence-electron chi connectivity index (χ4n) is 2.27. The van der Waals surface area contributed by atoms with Crippen molar-refractivity contribution in [1.82, 2.24) is 0 Å². The van der Waals surface area contributed by atoms with E-state index in [4.69, 9.17) is 14.2 Å². The van der Waals surface area contributed by atoms with Crippen LogP contribution in [-0.2, 0) is 9.53 Å². The Labute approximate surface area is 126 Å². The molecule has 4 rings (SSSR count). The molecule has 0 radical (unpaired) electrons. The lowest BCUT2D eigenvalue weighted by Crippen LogP contribution is -2.04. The number of cyclic esters (lactones) is 1. The zero-order valence-electron chi connectivity index (χ0n) is 11.5. The molecule has 2 aliphatic rings. The number of carbonyl (C=O) groups is 1. The molecule has 0 fully saturated rings. The number of fused-ring (bicyclic) bond motifs is 1. The minimum absolute atomic E-state index is 0.216. The Hall–Kier alpha value is -3.08. The van der Waals surface area contributed by atoms with Crippen LogP contribution < -0.4 is 9.47 Å². The molecule has 108 valence electrons. The van der Waals surface area contributed by atoms with Gasteiger partial charge in [-0.3, -0.25) is 0 Å². The van der Waals surface area contributed by atoms with E-state index in [1.54, 1.807) is 18.2 Å². The highest BCUT2D eigenvalue weighted by Gasteiger charge is 2.24. The number of nitrogens with zero attached hydrogens (tertiary/aromatic N) is 1. The van der Waals surface area contributed by atoms with Gasteiger partial charge in [0.15, 0.2) is 17.2 Å². The van der Waals surface area contributed by atoms with Crippen LogP contribution in [0.1, 0.15) is 11.1 Å². The van der Waals surface area contributed by atoms with E-state index in [9.17, 15) is 4.79 Å². The number of hydrogen-bond donors (Lipinski definition) is 0. The van der Waals surface area contributed by atoms with Gasteiger partial charge in [0, 0.05) is 5.56 Å². The molecule has 0 saturated heterocycles. The van der Waals surface area contributed by atoms with Crippen molar-refractivity contribution >= 4 is 17.9 Å². The van der Waals surface area contributed by atoms with Gasteiger partial charge in [-0.2, -0.15) is 0 Å². The predicted molar refractivity (Wildman–Crippen MR) is 79.6 cm³/mol. The van der Waals surface area contributed by atoms with Gasteiger partial charge < -0.3 is 14.2 Å². The molecular weight excluding hydrogens is 282 g/mol. The van der Waals surface area contributed by atoms with Gasteiger partial charge >= 0.3 is 5.97 Å². The summed E-state index contributed by atoms with van der Waals surface area (Å²) >= 11 is 0. The number of aliphatic imine (C=N–C) groups is 1. The second-order valence-electron chi connectivity index (χ2n) is 4.81. The van der Waals surface area contributed by atoms with Gasteiger partial charge in [0.1, 0.15) is 0 Å². The Balaban J connectivity index is 1.67. The fourth-order valence-corrected chi connectivity index (χ4v) is 2.27. The summed E-state index contributed by atoms with van der Waals surface area (Å²) in [5.74, 6) is 1.21. The standard InChI is InChI=1S/C17H11NO4/c19-17-13(18-16(22-17)12-4-2-1-3-5-12)8-11-6-7-14-15(9-11)21-10-20-14/h1-9H,10H2/b13-8-. The van der Waals surface area contributed by atoms with Crippen molar-refractivity contribution in [1.29, 1.82) is 0 Å². The largest absolute Gasteiger partial charge is 0.454 e. The first-order chi connectivity index (χ1) is 10.8. The average Bonchev–Trinajstić information content (AvgIpc) is 3.15. The summed E-state index contributed by atoms with van der Waals surface area (Å²) in [6.07, 6.45) is 1.67. The smallest absolute Gasteiger partial charge is 0.363 e. The van der Waals surface area contributed by atoms with Crippen LogP contribution in [0.3, 0.4) is 0 Å². The third-order valence-electron chi connectivity index (χ3n) is 3.34. The van der Waals surface area contributed by atoms with E-state index < -0.39 is 5.97 Å². The Morgan fingerprint density at radius 2 is 1.82 bits per heavy atom. The maximum atomic E-state index is 11.9. The Bertz CT molecular complexity index is 809. The third kappa shape index (κ3) is 2.22. The van der Waals surface area contributed by atoms with Crippen molar-refractivity contribution in [2.45, 2.75) is 0 Å². The summed E-state index contributed by atoms with van der Waals surface area (Å²) in [5.41, 5.74) is 1.83. The Kier molecular flexibility index (Phi) is 2.89. The molecule has 0 atom stereocenters. The van der Waals surface area contributed by atoms with Crippen molar-refractivity contribution < 1.29 is 19.0 Å². The number of rotatable bonds is 2. The van der Waals surface area contributed by atoms with Gasteiger partial charge in [0.2, 0.25) is 12.7 Å². The van der Waals surface area contributed by atoms with Crippen molar-refractivity contribution in [3.8, 4) is 11.5 Å². The molecular formula is C17H11NO4. The van der Waals surface area contributed by atoms with Gasteiger partial charge in [0.25, 0.3) is 0 Å².